The van der Waals surface area contributed by atoms with Crippen LogP contribution in [0.25, 0.3) is 0 Å². The first-order valence-electron chi connectivity index (χ1n) is 8.32. The van der Waals surface area contributed by atoms with Crippen molar-refractivity contribution < 1.29 is 13.2 Å². The Morgan fingerprint density at radius 2 is 1.80 bits per heavy atom. The van der Waals surface area contributed by atoms with Crippen LogP contribution >= 0.6 is 11.8 Å². The zero-order chi connectivity index (χ0) is 18.3. The Kier molecular flexibility index (Phi) is 7.28. The summed E-state index contributed by atoms with van der Waals surface area (Å²) >= 11 is 1.55. The van der Waals surface area contributed by atoms with E-state index in [1.165, 1.54) is 10.5 Å². The molecule has 2 aromatic rings. The topological polar surface area (TPSA) is 59.5 Å². The van der Waals surface area contributed by atoms with Crippen molar-refractivity contribution in [2.45, 2.75) is 36.4 Å². The number of hydrogen-bond donors (Lipinski definition) is 0. The predicted molar refractivity (Wildman–Crippen MR) is 102 cm³/mol. The lowest BCUT2D eigenvalue weighted by Crippen LogP contribution is -2.30. The minimum atomic E-state index is -3.46. The second-order valence-electron chi connectivity index (χ2n) is 5.25. The van der Waals surface area contributed by atoms with Crippen LogP contribution in [-0.4, -0.2) is 37.4 Å². The first-order chi connectivity index (χ1) is 12.0. The van der Waals surface area contributed by atoms with E-state index in [4.69, 9.17) is 4.74 Å². The van der Waals surface area contributed by atoms with Gasteiger partial charge in [0, 0.05) is 30.6 Å². The molecule has 2 rings (SSSR count). The lowest BCUT2D eigenvalue weighted by molar-refractivity contribution is 0.337. The number of aromatic nitrogens is 1. The Morgan fingerprint density at radius 1 is 1.08 bits per heavy atom. The molecule has 136 valence electrons. The van der Waals surface area contributed by atoms with Crippen LogP contribution in [0.1, 0.15) is 26.3 Å². The van der Waals surface area contributed by atoms with E-state index in [1.807, 2.05) is 45.0 Å². The molecule has 1 aromatic heterocycles. The molecule has 0 radical (unpaired) electrons. The third-order valence-electron chi connectivity index (χ3n) is 3.70. The standard InChI is InChI=1S/C18H24N2O3S2/c1-4-20(5-2)25(21,22)16-11-12-18(19-13-16)24-14-15-9-7-8-10-17(15)23-6-3/h7-13H,4-6,14H2,1-3H3. The Hall–Kier alpha value is -1.57. The van der Waals surface area contributed by atoms with E-state index in [1.54, 1.807) is 23.9 Å². The van der Waals surface area contributed by atoms with E-state index in [-0.39, 0.29) is 4.90 Å². The summed E-state index contributed by atoms with van der Waals surface area (Å²) < 4.78 is 32.0. The van der Waals surface area contributed by atoms with E-state index in [9.17, 15) is 8.42 Å². The Balaban J connectivity index is 2.09. The number of sulfonamides is 1. The number of nitrogens with zero attached hydrogens (tertiary/aromatic N) is 2. The van der Waals surface area contributed by atoms with Crippen LogP contribution in [0.5, 0.6) is 5.75 Å². The maximum absolute atomic E-state index is 12.5. The number of benzene rings is 1. The van der Waals surface area contributed by atoms with Crippen molar-refractivity contribution >= 4 is 21.8 Å². The van der Waals surface area contributed by atoms with E-state index in [0.29, 0.717) is 25.4 Å². The molecule has 1 heterocycles. The Morgan fingerprint density at radius 3 is 2.40 bits per heavy atom. The van der Waals surface area contributed by atoms with Gasteiger partial charge in [-0.15, -0.1) is 11.8 Å². The molecule has 0 bridgehead atoms. The van der Waals surface area contributed by atoms with E-state index < -0.39 is 10.0 Å². The third-order valence-corrected chi connectivity index (χ3v) is 6.73. The van der Waals surface area contributed by atoms with Gasteiger partial charge >= 0.3 is 0 Å². The summed E-state index contributed by atoms with van der Waals surface area (Å²) in [4.78, 5) is 4.53. The molecule has 7 heteroatoms. The summed E-state index contributed by atoms with van der Waals surface area (Å²) in [5, 5.41) is 0.782. The highest BCUT2D eigenvalue weighted by atomic mass is 32.2. The SMILES string of the molecule is CCOc1ccccc1CSc1ccc(S(=O)(=O)N(CC)CC)cn1. The summed E-state index contributed by atoms with van der Waals surface area (Å²) in [5.74, 6) is 1.59. The molecule has 0 aliphatic heterocycles. The van der Waals surface area contributed by atoms with Gasteiger partial charge in [0.15, 0.2) is 0 Å². The fourth-order valence-electron chi connectivity index (χ4n) is 2.39. The highest BCUT2D eigenvalue weighted by Crippen LogP contribution is 2.27. The number of rotatable bonds is 9. The van der Waals surface area contributed by atoms with Crippen molar-refractivity contribution in [3.63, 3.8) is 0 Å². The molecular weight excluding hydrogens is 356 g/mol. The van der Waals surface area contributed by atoms with Gasteiger partial charge in [-0.05, 0) is 25.1 Å². The van der Waals surface area contributed by atoms with Crippen molar-refractivity contribution in [2.24, 2.45) is 0 Å². The monoisotopic (exact) mass is 380 g/mol. The smallest absolute Gasteiger partial charge is 0.244 e. The molecule has 5 nitrogen and oxygen atoms in total. The average Bonchev–Trinajstić information content (AvgIpc) is 2.62. The largest absolute Gasteiger partial charge is 0.494 e. The maximum atomic E-state index is 12.5. The molecule has 0 saturated carbocycles. The molecule has 0 aliphatic rings. The van der Waals surface area contributed by atoms with Crippen LogP contribution in [0.15, 0.2) is 52.5 Å². The van der Waals surface area contributed by atoms with Gasteiger partial charge in [-0.3, -0.25) is 0 Å². The lowest BCUT2D eigenvalue weighted by atomic mass is 10.2. The lowest BCUT2D eigenvalue weighted by Gasteiger charge is -2.18. The van der Waals surface area contributed by atoms with Gasteiger partial charge in [-0.1, -0.05) is 32.0 Å². The maximum Gasteiger partial charge on any atom is 0.244 e. The summed E-state index contributed by atoms with van der Waals surface area (Å²) in [5.41, 5.74) is 1.09. The fraction of sp³-hybridized carbons (Fsp3) is 0.389. The van der Waals surface area contributed by atoms with Crippen LogP contribution < -0.4 is 4.74 Å². The van der Waals surface area contributed by atoms with Gasteiger partial charge in [0.2, 0.25) is 10.0 Å². The first-order valence-corrected chi connectivity index (χ1v) is 10.7. The van der Waals surface area contributed by atoms with Gasteiger partial charge in [-0.25, -0.2) is 13.4 Å². The highest BCUT2D eigenvalue weighted by molar-refractivity contribution is 7.98. The van der Waals surface area contributed by atoms with Crippen molar-refractivity contribution in [2.75, 3.05) is 19.7 Å². The van der Waals surface area contributed by atoms with Crippen LogP contribution in [0.2, 0.25) is 0 Å². The van der Waals surface area contributed by atoms with Crippen LogP contribution in [0.3, 0.4) is 0 Å². The van der Waals surface area contributed by atoms with Crippen molar-refractivity contribution in [3.05, 3.63) is 48.2 Å². The fourth-order valence-corrected chi connectivity index (χ4v) is 4.63. The number of hydrogen-bond acceptors (Lipinski definition) is 5. The summed E-state index contributed by atoms with van der Waals surface area (Å²) in [6.07, 6.45) is 1.43. The van der Waals surface area contributed by atoms with Crippen molar-refractivity contribution in [1.29, 1.82) is 0 Å². The van der Waals surface area contributed by atoms with E-state index >= 15 is 0 Å². The first kappa shape index (κ1) is 19.8. The third kappa shape index (κ3) is 4.96. The number of para-hydroxylation sites is 1. The summed E-state index contributed by atoms with van der Waals surface area (Å²) in [7, 11) is -3.46. The molecule has 0 N–H and O–H groups in total. The Bertz CT molecular complexity index is 773. The molecule has 1 aromatic carbocycles. The van der Waals surface area contributed by atoms with Crippen molar-refractivity contribution in [3.8, 4) is 5.75 Å². The molecule has 0 saturated heterocycles. The van der Waals surface area contributed by atoms with Gasteiger partial charge in [0.25, 0.3) is 0 Å². The van der Waals surface area contributed by atoms with Gasteiger partial charge < -0.3 is 4.74 Å². The minimum Gasteiger partial charge on any atom is -0.494 e. The number of pyridine rings is 1. The van der Waals surface area contributed by atoms with Gasteiger partial charge in [-0.2, -0.15) is 4.31 Å². The highest BCUT2D eigenvalue weighted by Gasteiger charge is 2.21. The zero-order valence-corrected chi connectivity index (χ0v) is 16.4. The molecule has 25 heavy (non-hydrogen) atoms. The van der Waals surface area contributed by atoms with Crippen molar-refractivity contribution in [1.82, 2.24) is 9.29 Å². The normalized spacial score (nSPS) is 11.7. The summed E-state index contributed by atoms with van der Waals surface area (Å²) in [6, 6.07) is 11.3. The molecule has 0 aliphatic carbocycles. The van der Waals surface area contributed by atoms with Crippen LogP contribution in [-0.2, 0) is 15.8 Å². The molecule has 0 atom stereocenters. The van der Waals surface area contributed by atoms with Gasteiger partial charge in [0.05, 0.1) is 11.6 Å². The second-order valence-corrected chi connectivity index (χ2v) is 8.18. The number of ether oxygens (including phenoxy) is 1. The average molecular weight is 381 g/mol. The minimum absolute atomic E-state index is 0.232. The van der Waals surface area contributed by atoms with Crippen LogP contribution in [0.4, 0.5) is 0 Å². The van der Waals surface area contributed by atoms with E-state index in [2.05, 4.69) is 4.98 Å². The summed E-state index contributed by atoms with van der Waals surface area (Å²) in [6.45, 7) is 7.13. The second kappa shape index (κ2) is 9.22. The molecule has 0 amide bonds. The predicted octanol–water partition coefficient (Wildman–Crippen LogP) is 3.80. The molecule has 0 unspecified atom stereocenters. The molecule has 0 spiro atoms. The number of thioether (sulfide) groups is 1. The molecular formula is C18H24N2O3S2. The molecule has 0 fully saturated rings. The Labute approximate surface area is 154 Å². The van der Waals surface area contributed by atoms with Gasteiger partial charge in [0.1, 0.15) is 10.6 Å². The quantitative estimate of drug-likeness (QED) is 0.619. The van der Waals surface area contributed by atoms with E-state index in [0.717, 1.165) is 16.3 Å². The zero-order valence-electron chi connectivity index (χ0n) is 14.8. The van der Waals surface area contributed by atoms with Crippen LogP contribution in [0, 0.1) is 0 Å².